The third kappa shape index (κ3) is 3.35. The quantitative estimate of drug-likeness (QED) is 0.920. The first-order valence-corrected chi connectivity index (χ1v) is 6.28. The topological polar surface area (TPSA) is 64.8 Å². The van der Waals surface area contributed by atoms with Crippen LogP contribution in [0.5, 0.6) is 11.5 Å². The Balaban J connectivity index is 0.00000200. The second-order valence-corrected chi connectivity index (χ2v) is 5.44. The Morgan fingerprint density at radius 3 is 2.65 bits per heavy atom. The number of carbonyl (C=O) groups is 1. The summed E-state index contributed by atoms with van der Waals surface area (Å²) < 4.78 is 10.6. The van der Waals surface area contributed by atoms with Gasteiger partial charge in [-0.25, -0.2) is 0 Å². The van der Waals surface area contributed by atoms with E-state index in [0.717, 1.165) is 17.1 Å². The van der Waals surface area contributed by atoms with E-state index in [2.05, 4.69) is 0 Å². The van der Waals surface area contributed by atoms with Crippen LogP contribution < -0.4 is 15.2 Å². The van der Waals surface area contributed by atoms with Crippen molar-refractivity contribution in [3.8, 4) is 11.5 Å². The van der Waals surface area contributed by atoms with Crippen LogP contribution in [0.25, 0.3) is 0 Å². The molecule has 1 aliphatic heterocycles. The Bertz CT molecular complexity index is 491. The molecule has 0 saturated carbocycles. The van der Waals surface area contributed by atoms with Crippen molar-refractivity contribution in [2.75, 3.05) is 20.4 Å². The SMILES string of the molecule is CN(Cc1ccc2c(c1)OCO2)C(=O)C(C)(C)CN.Cl. The van der Waals surface area contributed by atoms with E-state index in [1.807, 2.05) is 32.0 Å². The zero-order chi connectivity index (χ0) is 14.0. The molecule has 0 unspecified atom stereocenters. The number of benzene rings is 1. The van der Waals surface area contributed by atoms with Gasteiger partial charge < -0.3 is 20.1 Å². The zero-order valence-electron chi connectivity index (χ0n) is 12.0. The zero-order valence-corrected chi connectivity index (χ0v) is 12.8. The van der Waals surface area contributed by atoms with Gasteiger partial charge >= 0.3 is 0 Å². The van der Waals surface area contributed by atoms with Crippen LogP contribution in [-0.2, 0) is 11.3 Å². The molecule has 1 aliphatic rings. The largest absolute Gasteiger partial charge is 0.454 e. The summed E-state index contributed by atoms with van der Waals surface area (Å²) in [7, 11) is 1.78. The van der Waals surface area contributed by atoms with Gasteiger partial charge in [-0.3, -0.25) is 4.79 Å². The maximum absolute atomic E-state index is 12.2. The van der Waals surface area contributed by atoms with Crippen molar-refractivity contribution in [2.45, 2.75) is 20.4 Å². The molecule has 20 heavy (non-hydrogen) atoms. The average Bonchev–Trinajstić information content (AvgIpc) is 2.85. The fourth-order valence-corrected chi connectivity index (χ4v) is 1.99. The number of hydrogen-bond acceptors (Lipinski definition) is 4. The summed E-state index contributed by atoms with van der Waals surface area (Å²) in [5.74, 6) is 1.52. The van der Waals surface area contributed by atoms with Crippen LogP contribution >= 0.6 is 12.4 Å². The van der Waals surface area contributed by atoms with Gasteiger partial charge in [0.2, 0.25) is 12.7 Å². The molecule has 112 valence electrons. The van der Waals surface area contributed by atoms with E-state index in [1.165, 1.54) is 0 Å². The molecule has 0 aromatic heterocycles. The van der Waals surface area contributed by atoms with Crippen LogP contribution in [0.15, 0.2) is 18.2 Å². The lowest BCUT2D eigenvalue weighted by atomic mass is 9.92. The number of amides is 1. The first-order chi connectivity index (χ1) is 8.94. The minimum Gasteiger partial charge on any atom is -0.454 e. The summed E-state index contributed by atoms with van der Waals surface area (Å²) in [6.45, 7) is 4.82. The summed E-state index contributed by atoms with van der Waals surface area (Å²) in [4.78, 5) is 13.9. The van der Waals surface area contributed by atoms with Gasteiger partial charge in [0, 0.05) is 20.1 Å². The van der Waals surface area contributed by atoms with Crippen LogP contribution in [-0.4, -0.2) is 31.2 Å². The number of hydrogen-bond donors (Lipinski definition) is 1. The molecule has 0 spiro atoms. The first kappa shape index (κ1) is 16.6. The Labute approximate surface area is 125 Å². The predicted octanol–water partition coefficient (Wildman–Crippen LogP) is 1.78. The molecule has 5 nitrogen and oxygen atoms in total. The Hall–Kier alpha value is -1.46. The molecule has 1 heterocycles. The molecule has 2 N–H and O–H groups in total. The maximum Gasteiger partial charge on any atom is 0.231 e. The lowest BCUT2D eigenvalue weighted by molar-refractivity contribution is -0.139. The van der Waals surface area contributed by atoms with Crippen molar-refractivity contribution in [1.29, 1.82) is 0 Å². The third-order valence-corrected chi connectivity index (χ3v) is 3.29. The second kappa shape index (κ2) is 6.33. The third-order valence-electron chi connectivity index (χ3n) is 3.29. The van der Waals surface area contributed by atoms with Crippen molar-refractivity contribution in [3.05, 3.63) is 23.8 Å². The van der Waals surface area contributed by atoms with E-state index in [1.54, 1.807) is 11.9 Å². The number of fused-ring (bicyclic) bond motifs is 1. The number of nitrogens with two attached hydrogens (primary N) is 1. The highest BCUT2D eigenvalue weighted by molar-refractivity contribution is 5.85. The van der Waals surface area contributed by atoms with Crippen LogP contribution in [0, 0.1) is 5.41 Å². The van der Waals surface area contributed by atoms with Crippen molar-refractivity contribution in [2.24, 2.45) is 11.1 Å². The standard InChI is InChI=1S/C14H20N2O3.ClH/c1-14(2,8-15)13(17)16(3)7-10-4-5-11-12(6-10)19-9-18-11;/h4-6H,7-9,15H2,1-3H3;1H. The van der Waals surface area contributed by atoms with Gasteiger partial charge in [0.15, 0.2) is 11.5 Å². The monoisotopic (exact) mass is 300 g/mol. The minimum atomic E-state index is -0.537. The van der Waals surface area contributed by atoms with E-state index in [9.17, 15) is 4.79 Å². The Morgan fingerprint density at radius 1 is 1.35 bits per heavy atom. The molecule has 0 saturated heterocycles. The van der Waals surface area contributed by atoms with E-state index in [-0.39, 0.29) is 25.1 Å². The predicted molar refractivity (Wildman–Crippen MR) is 79.1 cm³/mol. The smallest absolute Gasteiger partial charge is 0.231 e. The molecular weight excluding hydrogens is 280 g/mol. The first-order valence-electron chi connectivity index (χ1n) is 6.28. The van der Waals surface area contributed by atoms with Crippen molar-refractivity contribution >= 4 is 18.3 Å². The molecule has 0 atom stereocenters. The second-order valence-electron chi connectivity index (χ2n) is 5.44. The fourth-order valence-electron chi connectivity index (χ4n) is 1.99. The summed E-state index contributed by atoms with van der Waals surface area (Å²) in [6, 6.07) is 5.71. The summed E-state index contributed by atoms with van der Waals surface area (Å²) >= 11 is 0. The van der Waals surface area contributed by atoms with E-state index in [0.29, 0.717) is 13.1 Å². The molecular formula is C14H21ClN2O3. The lowest BCUT2D eigenvalue weighted by Gasteiger charge is -2.28. The number of nitrogens with zero attached hydrogens (tertiary/aromatic N) is 1. The number of halogens is 1. The molecule has 6 heteroatoms. The van der Waals surface area contributed by atoms with E-state index < -0.39 is 5.41 Å². The van der Waals surface area contributed by atoms with Crippen LogP contribution in [0.4, 0.5) is 0 Å². The molecule has 0 bridgehead atoms. The van der Waals surface area contributed by atoms with Gasteiger partial charge in [-0.2, -0.15) is 0 Å². The van der Waals surface area contributed by atoms with Crippen molar-refractivity contribution in [3.63, 3.8) is 0 Å². The normalized spacial score (nSPS) is 12.8. The highest BCUT2D eigenvalue weighted by Crippen LogP contribution is 2.32. The van der Waals surface area contributed by atoms with Crippen molar-refractivity contribution in [1.82, 2.24) is 4.90 Å². The van der Waals surface area contributed by atoms with E-state index in [4.69, 9.17) is 15.2 Å². The van der Waals surface area contributed by atoms with Gasteiger partial charge in [0.1, 0.15) is 0 Å². The summed E-state index contributed by atoms with van der Waals surface area (Å²) in [6.07, 6.45) is 0. The van der Waals surface area contributed by atoms with E-state index >= 15 is 0 Å². The summed E-state index contributed by atoms with van der Waals surface area (Å²) in [5, 5.41) is 0. The number of carbonyl (C=O) groups excluding carboxylic acids is 1. The van der Waals surface area contributed by atoms with Gasteiger partial charge in [-0.05, 0) is 31.5 Å². The molecule has 1 aromatic rings. The molecule has 0 fully saturated rings. The Morgan fingerprint density at radius 2 is 2.00 bits per heavy atom. The molecule has 2 rings (SSSR count). The minimum absolute atomic E-state index is 0. The van der Waals surface area contributed by atoms with Crippen LogP contribution in [0.2, 0.25) is 0 Å². The van der Waals surface area contributed by atoms with Crippen LogP contribution in [0.3, 0.4) is 0 Å². The average molecular weight is 301 g/mol. The highest BCUT2D eigenvalue weighted by Gasteiger charge is 2.29. The molecule has 0 radical (unpaired) electrons. The van der Waals surface area contributed by atoms with Gasteiger partial charge in [-0.1, -0.05) is 6.07 Å². The number of ether oxygens (including phenoxy) is 2. The van der Waals surface area contributed by atoms with Gasteiger partial charge in [0.25, 0.3) is 0 Å². The van der Waals surface area contributed by atoms with Gasteiger partial charge in [0.05, 0.1) is 5.41 Å². The Kier molecular flexibility index (Phi) is 5.25. The van der Waals surface area contributed by atoms with Crippen LogP contribution in [0.1, 0.15) is 19.4 Å². The molecule has 0 aliphatic carbocycles. The lowest BCUT2D eigenvalue weighted by Crippen LogP contribution is -2.42. The highest BCUT2D eigenvalue weighted by atomic mass is 35.5. The number of rotatable bonds is 4. The van der Waals surface area contributed by atoms with Gasteiger partial charge in [-0.15, -0.1) is 12.4 Å². The fraction of sp³-hybridized carbons (Fsp3) is 0.500. The summed E-state index contributed by atoms with van der Waals surface area (Å²) in [5.41, 5.74) is 6.10. The maximum atomic E-state index is 12.2. The van der Waals surface area contributed by atoms with Crippen molar-refractivity contribution < 1.29 is 14.3 Å². The molecule has 1 amide bonds. The molecule has 1 aromatic carbocycles.